The molecule has 0 radical (unpaired) electrons. The second-order valence-electron chi connectivity index (χ2n) is 10.4. The van der Waals surface area contributed by atoms with Gasteiger partial charge in [-0.2, -0.15) is 0 Å². The Morgan fingerprint density at radius 2 is 1.74 bits per heavy atom. The van der Waals surface area contributed by atoms with Gasteiger partial charge >= 0.3 is 12.1 Å². The fourth-order valence-electron chi connectivity index (χ4n) is 5.41. The molecule has 5 rings (SSSR count). The summed E-state index contributed by atoms with van der Waals surface area (Å²) in [5.41, 5.74) is 1.40. The zero-order valence-corrected chi connectivity index (χ0v) is 25.1. The summed E-state index contributed by atoms with van der Waals surface area (Å²) in [5, 5.41) is 9.40. The van der Waals surface area contributed by atoms with Crippen LogP contribution in [0.2, 0.25) is 0 Å². The van der Waals surface area contributed by atoms with Gasteiger partial charge in [0.25, 0.3) is 0 Å². The molecule has 232 valence electrons. The van der Waals surface area contributed by atoms with E-state index in [0.29, 0.717) is 62.5 Å². The molecule has 3 aliphatic rings. The summed E-state index contributed by atoms with van der Waals surface area (Å²) in [7, 11) is 0. The number of halogens is 2. The molecule has 2 aromatic rings. The van der Waals surface area contributed by atoms with Crippen molar-refractivity contribution in [1.82, 2.24) is 0 Å². The molecule has 0 aliphatic carbocycles. The first-order valence-electron chi connectivity index (χ1n) is 14.5. The number of hydrogen-bond donors (Lipinski definition) is 1. The van der Waals surface area contributed by atoms with Crippen LogP contribution in [0.4, 0.5) is 36.3 Å². The van der Waals surface area contributed by atoms with Gasteiger partial charge in [-0.25, -0.2) is 18.4 Å². The van der Waals surface area contributed by atoms with Gasteiger partial charge in [0.2, 0.25) is 0 Å². The van der Waals surface area contributed by atoms with Gasteiger partial charge in [0.1, 0.15) is 24.2 Å². The maximum Gasteiger partial charge on any atom is 0.414 e. The van der Waals surface area contributed by atoms with Crippen molar-refractivity contribution in [3.05, 3.63) is 53.2 Å². The quantitative estimate of drug-likeness (QED) is 0.329. The molecular weight excluding hydrogens is 562 g/mol. The lowest BCUT2D eigenvalue weighted by Crippen LogP contribution is -2.48. The maximum atomic E-state index is 15.5. The van der Waals surface area contributed by atoms with Crippen LogP contribution in [0.15, 0.2) is 36.0 Å². The van der Waals surface area contributed by atoms with Crippen LogP contribution in [-0.2, 0) is 9.53 Å². The third kappa shape index (κ3) is 6.23. The van der Waals surface area contributed by atoms with Crippen molar-refractivity contribution >= 4 is 41.1 Å². The van der Waals surface area contributed by atoms with Crippen molar-refractivity contribution in [1.29, 1.82) is 0 Å². The average Bonchev–Trinajstić information content (AvgIpc) is 3.39. The number of hydrogen-bond acceptors (Lipinski definition) is 8. The Labute approximate surface area is 250 Å². The van der Waals surface area contributed by atoms with E-state index < -0.39 is 23.7 Å². The summed E-state index contributed by atoms with van der Waals surface area (Å²) in [6, 6.07) is 5.48. The van der Waals surface area contributed by atoms with E-state index in [1.165, 1.54) is 24.1 Å². The minimum absolute atomic E-state index is 0.0511. The Hall–Kier alpha value is -4.35. The van der Waals surface area contributed by atoms with Crippen LogP contribution < -0.4 is 24.3 Å². The predicted octanol–water partition coefficient (Wildman–Crippen LogP) is 5.44. The van der Waals surface area contributed by atoms with Gasteiger partial charge < -0.3 is 29.3 Å². The Balaban J connectivity index is 0.00000207. The molecule has 1 amide bonds. The number of cyclic esters (lactones) is 1. The molecule has 1 unspecified atom stereocenters. The number of anilines is 4. The van der Waals surface area contributed by atoms with Gasteiger partial charge in [-0.15, -0.1) is 0 Å². The van der Waals surface area contributed by atoms with E-state index in [0.717, 1.165) is 6.07 Å². The van der Waals surface area contributed by atoms with E-state index in [-0.39, 0.29) is 41.3 Å². The summed E-state index contributed by atoms with van der Waals surface area (Å²) in [5.74, 6) is -2.05. The summed E-state index contributed by atoms with van der Waals surface area (Å²) in [4.78, 5) is 42.3. The summed E-state index contributed by atoms with van der Waals surface area (Å²) < 4.78 is 41.9. The Morgan fingerprint density at radius 1 is 1.07 bits per heavy atom. The maximum absolute atomic E-state index is 15.5. The lowest BCUT2D eigenvalue weighted by Gasteiger charge is -2.41. The lowest BCUT2D eigenvalue weighted by molar-refractivity contribution is -0.132. The van der Waals surface area contributed by atoms with Crippen molar-refractivity contribution in [2.45, 2.75) is 53.2 Å². The van der Waals surface area contributed by atoms with Gasteiger partial charge in [0, 0.05) is 37.9 Å². The number of benzene rings is 2. The van der Waals surface area contributed by atoms with Crippen LogP contribution in [-0.4, -0.2) is 74.9 Å². The van der Waals surface area contributed by atoms with E-state index in [1.54, 1.807) is 21.9 Å². The SMILES string of the molecule is CC.CC[C@H]1CN(c2ccc(N3CCN(c4c(F)cc(C=O)c5c4OCC(C)N5/C=C(\C)C(=O)O)CC3)c(F)c2)C(=O)O1. The van der Waals surface area contributed by atoms with E-state index >= 15 is 8.78 Å². The lowest BCUT2D eigenvalue weighted by atomic mass is 10.0. The van der Waals surface area contributed by atoms with Crippen molar-refractivity contribution < 1.29 is 37.7 Å². The molecule has 0 spiro atoms. The van der Waals surface area contributed by atoms with Crippen LogP contribution >= 0.6 is 0 Å². The summed E-state index contributed by atoms with van der Waals surface area (Å²) in [6.07, 6.45) is 1.92. The highest BCUT2D eigenvalue weighted by Crippen LogP contribution is 2.46. The van der Waals surface area contributed by atoms with E-state index in [4.69, 9.17) is 9.47 Å². The number of carbonyl (C=O) groups is 3. The van der Waals surface area contributed by atoms with Gasteiger partial charge in [-0.05, 0) is 44.5 Å². The molecule has 0 bridgehead atoms. The largest absolute Gasteiger partial charge is 0.487 e. The number of ether oxygens (including phenoxy) is 2. The normalized spacial score (nSPS) is 20.2. The van der Waals surface area contributed by atoms with Crippen molar-refractivity contribution in [2.24, 2.45) is 0 Å². The molecule has 10 nitrogen and oxygen atoms in total. The molecular formula is C31H38F2N4O6. The summed E-state index contributed by atoms with van der Waals surface area (Å²) in [6.45, 7) is 11.1. The number of carboxylic acids is 1. The molecule has 12 heteroatoms. The number of carboxylic acid groups (broad SMARTS) is 1. The predicted molar refractivity (Wildman–Crippen MR) is 161 cm³/mol. The third-order valence-electron chi connectivity index (χ3n) is 7.72. The Bertz CT molecular complexity index is 1410. The Morgan fingerprint density at radius 3 is 2.33 bits per heavy atom. The number of aliphatic carboxylic acids is 1. The first kappa shape index (κ1) is 31.6. The minimum atomic E-state index is -1.11. The average molecular weight is 601 g/mol. The fraction of sp³-hybridized carbons (Fsp3) is 0.452. The number of rotatable bonds is 7. The van der Waals surface area contributed by atoms with Crippen LogP contribution in [0.5, 0.6) is 5.75 Å². The van der Waals surface area contributed by atoms with Gasteiger partial charge in [0.15, 0.2) is 17.9 Å². The van der Waals surface area contributed by atoms with E-state index in [1.807, 2.05) is 32.6 Å². The van der Waals surface area contributed by atoms with Gasteiger partial charge in [-0.1, -0.05) is 20.8 Å². The van der Waals surface area contributed by atoms with Gasteiger partial charge in [0.05, 0.1) is 35.2 Å². The molecule has 43 heavy (non-hydrogen) atoms. The van der Waals surface area contributed by atoms with Gasteiger partial charge in [-0.3, -0.25) is 9.69 Å². The van der Waals surface area contributed by atoms with Crippen molar-refractivity contribution in [3.63, 3.8) is 0 Å². The molecule has 3 aliphatic heterocycles. The van der Waals surface area contributed by atoms with E-state index in [9.17, 15) is 19.5 Å². The fourth-order valence-corrected chi connectivity index (χ4v) is 5.41. The molecule has 0 saturated carbocycles. The number of piperazine rings is 1. The van der Waals surface area contributed by atoms with Crippen LogP contribution in [0.1, 0.15) is 51.4 Å². The van der Waals surface area contributed by atoms with Crippen molar-refractivity contribution in [3.8, 4) is 5.75 Å². The highest BCUT2D eigenvalue weighted by molar-refractivity contribution is 5.94. The summed E-state index contributed by atoms with van der Waals surface area (Å²) >= 11 is 0. The number of fused-ring (bicyclic) bond motifs is 1. The molecule has 2 aromatic carbocycles. The zero-order valence-electron chi connectivity index (χ0n) is 25.1. The number of nitrogens with zero attached hydrogens (tertiary/aromatic N) is 4. The first-order valence-corrected chi connectivity index (χ1v) is 14.5. The standard InChI is InChI=1S/C29H32F2N4O6.C2H6/c1-4-21-14-35(29(39)41-21)20-5-6-24(22(30)12-20)32-7-9-33(10-8-32)26-23(31)11-19(15-36)25-27(26)40-16-18(3)34(25)13-17(2)28(37)38;1-2/h5-6,11-13,15,18,21H,4,7-10,14,16H2,1-3H3,(H,37,38);1-2H3/b17-13+;/t18?,21-;/m0./s1. The second kappa shape index (κ2) is 13.3. The monoisotopic (exact) mass is 600 g/mol. The Kier molecular flexibility index (Phi) is 9.77. The topological polar surface area (TPSA) is 103 Å². The highest BCUT2D eigenvalue weighted by Gasteiger charge is 2.35. The molecule has 1 N–H and O–H groups in total. The highest BCUT2D eigenvalue weighted by atomic mass is 19.1. The number of amides is 1. The number of carbonyl (C=O) groups excluding carboxylic acids is 2. The molecule has 2 atom stereocenters. The molecule has 2 fully saturated rings. The van der Waals surface area contributed by atoms with Crippen molar-refractivity contribution in [2.75, 3.05) is 58.9 Å². The third-order valence-corrected chi connectivity index (χ3v) is 7.72. The number of aldehydes is 1. The second-order valence-corrected chi connectivity index (χ2v) is 10.4. The van der Waals surface area contributed by atoms with Crippen LogP contribution in [0.3, 0.4) is 0 Å². The zero-order chi connectivity index (χ0) is 31.4. The first-order chi connectivity index (χ1) is 20.6. The van der Waals surface area contributed by atoms with Crippen LogP contribution in [0.25, 0.3) is 0 Å². The molecule has 0 aromatic heterocycles. The minimum Gasteiger partial charge on any atom is -0.487 e. The molecule has 2 saturated heterocycles. The molecule has 3 heterocycles. The van der Waals surface area contributed by atoms with E-state index in [2.05, 4.69) is 0 Å². The smallest absolute Gasteiger partial charge is 0.414 e. The van der Waals surface area contributed by atoms with Crippen LogP contribution in [0, 0.1) is 11.6 Å².